The number of rotatable bonds is 29. The van der Waals surface area contributed by atoms with Gasteiger partial charge in [-0.15, -0.1) is 5.06 Å². The highest BCUT2D eigenvalue weighted by molar-refractivity contribution is 7.86. The van der Waals surface area contributed by atoms with E-state index in [-0.39, 0.29) is 91.1 Å². The average molecular weight is 1090 g/mol. The number of benzene rings is 2. The summed E-state index contributed by atoms with van der Waals surface area (Å²) in [5.74, 6) is -3.40. The van der Waals surface area contributed by atoms with Crippen molar-refractivity contribution in [3.05, 3.63) is 83.6 Å². The van der Waals surface area contributed by atoms with Gasteiger partial charge in [0.1, 0.15) is 6.61 Å². The predicted molar refractivity (Wildman–Crippen MR) is 258 cm³/mol. The Hall–Kier alpha value is -4.78. The molecule has 2 aromatic rings. The first kappa shape index (κ1) is 58.1. The molecule has 0 aromatic heterocycles. The van der Waals surface area contributed by atoms with E-state index in [9.17, 15) is 66.3 Å². The van der Waals surface area contributed by atoms with E-state index >= 15 is 0 Å². The molecule has 3 heterocycles. The van der Waals surface area contributed by atoms with Crippen molar-refractivity contribution in [1.82, 2.24) is 5.06 Å². The maximum Gasteiger partial charge on any atom is 0.335 e. The summed E-state index contributed by atoms with van der Waals surface area (Å²) in [4.78, 5) is 42.1. The Morgan fingerprint density at radius 1 is 0.694 bits per heavy atom. The number of fused-ring (bicyclic) bond motifs is 2. The normalized spacial score (nSPS) is 20.2. The van der Waals surface area contributed by atoms with Crippen LogP contribution in [-0.4, -0.2) is 163 Å². The fourth-order valence-electron chi connectivity index (χ4n) is 8.80. The number of hydrogen-bond donors (Lipinski definition) is 4. The van der Waals surface area contributed by atoms with Gasteiger partial charge in [0.25, 0.3) is 52.3 Å². The molecular weight excluding hydrogens is 1030 g/mol. The first-order chi connectivity index (χ1) is 33.7. The van der Waals surface area contributed by atoms with Gasteiger partial charge >= 0.3 is 5.97 Å². The molecule has 27 heteroatoms. The topological polar surface area (TPSA) is 324 Å². The summed E-state index contributed by atoms with van der Waals surface area (Å²) in [7, 11) is -16.7. The number of imide groups is 1. The summed E-state index contributed by atoms with van der Waals surface area (Å²) < 4.78 is 160. The van der Waals surface area contributed by atoms with Crippen LogP contribution in [0.25, 0.3) is 0 Å². The third-order valence-electron chi connectivity index (χ3n) is 12.3. The number of anilines is 1. The summed E-state index contributed by atoms with van der Waals surface area (Å²) in [5.41, 5.74) is 0.631. The molecular formula is C45H60N3O20S4+. The number of carbonyl (C=O) groups is 3. The Morgan fingerprint density at radius 3 is 1.85 bits per heavy atom. The number of methoxy groups -OCH3 is 1. The van der Waals surface area contributed by atoms with E-state index in [4.69, 9.17) is 23.8 Å². The Labute approximate surface area is 419 Å². The minimum Gasteiger partial charge on any atom is -0.382 e. The van der Waals surface area contributed by atoms with Crippen LogP contribution in [0.15, 0.2) is 82.3 Å². The minimum atomic E-state index is -4.72. The van der Waals surface area contributed by atoms with E-state index in [1.165, 1.54) is 36.4 Å². The number of ether oxygens (including phenoxy) is 4. The molecule has 3 aliphatic rings. The van der Waals surface area contributed by atoms with Gasteiger partial charge in [-0.05, 0) is 81.5 Å². The van der Waals surface area contributed by atoms with Gasteiger partial charge in [0, 0.05) is 61.0 Å². The SMILES string of the molecule is COCCOCCOCCN1C(=CC=CC=CC2=[N+](CCOCCC(=O)ON3C(=O)CCC3=O)c3ccc(S(=O)(=O)O)cc3C2(C)CCCS(=O)(=O)O)C(C)(CCCS(=O)(=O)O)c2cc(S(=O)(=O)O)ccc21. The molecule has 2 atom stereocenters. The lowest BCUT2D eigenvalue weighted by atomic mass is 9.76. The molecule has 72 heavy (non-hydrogen) atoms. The third-order valence-corrected chi connectivity index (χ3v) is 15.6. The molecule has 0 bridgehead atoms. The zero-order chi connectivity index (χ0) is 53.1. The predicted octanol–water partition coefficient (Wildman–Crippen LogP) is 3.34. The molecule has 0 aliphatic carbocycles. The lowest BCUT2D eigenvalue weighted by Crippen LogP contribution is -2.33. The van der Waals surface area contributed by atoms with Gasteiger partial charge in [-0.25, -0.2) is 4.79 Å². The van der Waals surface area contributed by atoms with Crippen LogP contribution in [0.1, 0.15) is 69.9 Å². The van der Waals surface area contributed by atoms with E-state index < -0.39 is 90.4 Å². The van der Waals surface area contributed by atoms with E-state index in [0.717, 1.165) is 0 Å². The number of carbonyl (C=O) groups excluding carboxylic acids is 3. The van der Waals surface area contributed by atoms with Gasteiger partial charge < -0.3 is 28.7 Å². The number of allylic oxidation sites excluding steroid dienone is 6. The third kappa shape index (κ3) is 15.4. The molecule has 3 aliphatic heterocycles. The van der Waals surface area contributed by atoms with Crippen LogP contribution in [0, 0.1) is 0 Å². The molecule has 1 saturated heterocycles. The van der Waals surface area contributed by atoms with Crippen molar-refractivity contribution in [2.75, 3.05) is 82.9 Å². The van der Waals surface area contributed by atoms with Crippen molar-refractivity contribution in [2.45, 2.75) is 79.4 Å². The van der Waals surface area contributed by atoms with Crippen LogP contribution in [0.2, 0.25) is 0 Å². The van der Waals surface area contributed by atoms with Crippen LogP contribution < -0.4 is 4.90 Å². The molecule has 2 aromatic carbocycles. The van der Waals surface area contributed by atoms with Gasteiger partial charge in [-0.2, -0.15) is 38.2 Å². The Balaban J connectivity index is 1.51. The lowest BCUT2D eigenvalue weighted by molar-refractivity contribution is -0.442. The summed E-state index contributed by atoms with van der Waals surface area (Å²) >= 11 is 0. The summed E-state index contributed by atoms with van der Waals surface area (Å²) in [6.07, 6.45) is 7.86. The molecule has 0 spiro atoms. The second kappa shape index (κ2) is 24.5. The van der Waals surface area contributed by atoms with Crippen molar-refractivity contribution < 1.29 is 94.6 Å². The van der Waals surface area contributed by atoms with Crippen LogP contribution in [-0.2, 0) is 89.5 Å². The number of amides is 2. The second-order valence-electron chi connectivity index (χ2n) is 17.4. The van der Waals surface area contributed by atoms with Crippen molar-refractivity contribution in [2.24, 2.45) is 0 Å². The molecule has 398 valence electrons. The molecule has 0 saturated carbocycles. The fourth-order valence-corrected chi connectivity index (χ4v) is 10.8. The average Bonchev–Trinajstić information content (AvgIpc) is 3.81. The van der Waals surface area contributed by atoms with Crippen molar-refractivity contribution in [1.29, 1.82) is 0 Å². The lowest BCUT2D eigenvalue weighted by Gasteiger charge is -2.30. The maximum atomic E-state index is 12.4. The second-order valence-corrected chi connectivity index (χ2v) is 23.3. The first-order valence-corrected chi connectivity index (χ1v) is 28.7. The van der Waals surface area contributed by atoms with Crippen LogP contribution in [0.3, 0.4) is 0 Å². The molecule has 23 nitrogen and oxygen atoms in total. The van der Waals surface area contributed by atoms with Crippen molar-refractivity contribution in [3.63, 3.8) is 0 Å². The van der Waals surface area contributed by atoms with Gasteiger partial charge in [-0.3, -0.25) is 27.8 Å². The van der Waals surface area contributed by atoms with Crippen molar-refractivity contribution >= 4 is 75.3 Å². The van der Waals surface area contributed by atoms with Crippen molar-refractivity contribution in [3.8, 4) is 0 Å². The number of nitrogens with zero attached hydrogens (tertiary/aromatic N) is 3. The Morgan fingerprint density at radius 2 is 1.25 bits per heavy atom. The van der Waals surface area contributed by atoms with Crippen LogP contribution in [0.4, 0.5) is 11.4 Å². The van der Waals surface area contributed by atoms with Gasteiger partial charge in [0.2, 0.25) is 5.69 Å². The highest BCUT2D eigenvalue weighted by Gasteiger charge is 2.48. The van der Waals surface area contributed by atoms with Crippen LogP contribution >= 0.6 is 0 Å². The molecule has 5 rings (SSSR count). The van der Waals surface area contributed by atoms with E-state index in [1.807, 2.05) is 4.90 Å². The molecule has 2 unspecified atom stereocenters. The smallest absolute Gasteiger partial charge is 0.335 e. The zero-order valence-corrected chi connectivity index (χ0v) is 43.1. The fraction of sp³-hybridized carbons (Fsp3) is 0.511. The zero-order valence-electron chi connectivity index (χ0n) is 39.9. The molecule has 0 radical (unpaired) electrons. The largest absolute Gasteiger partial charge is 0.382 e. The quantitative estimate of drug-likeness (QED) is 0.0298. The molecule has 1 fully saturated rings. The first-order valence-electron chi connectivity index (χ1n) is 22.6. The summed E-state index contributed by atoms with van der Waals surface area (Å²) in [5, 5.41) is 0.420. The standard InChI is InChI=1S/C45H59N3O20S4/c1-44(18-7-29-69(52,53)54)35-31-33(71(58,59)60)11-13-37(35)46(20-23-65-22-17-43(51)68-48-41(49)15-16-42(48)50)39(44)9-5-4-6-10-40-45(2,19-8-30-70(55,56)57)36-32-34(72(61,62)63)12-14-38(36)47(40)21-24-66-27-28-67-26-25-64-3/h4-6,9-14,31-32H,7-8,15-30H2,1-3H3,(H3-,52,53,54,55,56,57,58,59,60,61,62,63)/p+1. The maximum absolute atomic E-state index is 12.4. The number of hydrogen-bond acceptors (Lipinski definition) is 17. The highest BCUT2D eigenvalue weighted by Crippen LogP contribution is 2.51. The summed E-state index contributed by atoms with van der Waals surface area (Å²) in [6, 6.07) is 7.99. The van der Waals surface area contributed by atoms with E-state index in [1.54, 1.807) is 55.9 Å². The Kier molecular flexibility index (Phi) is 19.8. The monoisotopic (exact) mass is 1090 g/mol. The van der Waals surface area contributed by atoms with Crippen LogP contribution in [0.5, 0.6) is 0 Å². The molecule has 4 N–H and O–H groups in total. The van der Waals surface area contributed by atoms with Gasteiger partial charge in [-0.1, -0.05) is 18.2 Å². The highest BCUT2D eigenvalue weighted by atomic mass is 32.2. The minimum absolute atomic E-state index is 0.0430. The molecule has 2 amide bonds. The van der Waals surface area contributed by atoms with Gasteiger partial charge in [0.05, 0.1) is 72.8 Å². The Bertz CT molecular complexity index is 2920. The van der Waals surface area contributed by atoms with E-state index in [0.29, 0.717) is 52.2 Å². The van der Waals surface area contributed by atoms with Gasteiger partial charge in [0.15, 0.2) is 12.3 Å². The van der Waals surface area contributed by atoms with E-state index in [2.05, 4.69) is 0 Å². The summed E-state index contributed by atoms with van der Waals surface area (Å²) in [6.45, 7) is 4.99. The number of hydroxylamine groups is 2.